The molecule has 0 aliphatic carbocycles. The average molecular weight is 642 g/mol. The van der Waals surface area contributed by atoms with Crippen LogP contribution in [0.3, 0.4) is 0 Å². The summed E-state index contributed by atoms with van der Waals surface area (Å²) in [6.45, 7) is 9.49. The highest BCUT2D eigenvalue weighted by Gasteiger charge is 2.35. The predicted octanol–water partition coefficient (Wildman–Crippen LogP) is 6.06. The standard InChI is InChI=1S/C37H43N3O5S/c1-6-45-33-20-18-32(19-21-33)40(46(43,44)34-22-16-28(4)17-23-34)26-36(41)39(25-31-15-11-10-12-29(31)5)35(37(42)38-27(2)3)24-30-13-8-7-9-14-30/h7-23,27,35H,6,24-26H2,1-5H3,(H,38,42)/t35-/m0/s1. The summed E-state index contributed by atoms with van der Waals surface area (Å²) >= 11 is 0. The Hall–Kier alpha value is -4.63. The fraction of sp³-hybridized carbons (Fsp3) is 0.297. The molecule has 4 aromatic rings. The van der Waals surface area contributed by atoms with Crippen LogP contribution in [0.2, 0.25) is 0 Å². The van der Waals surface area contributed by atoms with E-state index in [0.717, 1.165) is 26.6 Å². The van der Waals surface area contributed by atoms with Crippen molar-refractivity contribution in [3.63, 3.8) is 0 Å². The average Bonchev–Trinajstić information content (AvgIpc) is 3.03. The first-order valence-corrected chi connectivity index (χ1v) is 16.9. The van der Waals surface area contributed by atoms with Crippen molar-refractivity contribution in [2.24, 2.45) is 0 Å². The molecule has 242 valence electrons. The van der Waals surface area contributed by atoms with Crippen LogP contribution in [0, 0.1) is 13.8 Å². The third-order valence-corrected chi connectivity index (χ3v) is 9.42. The van der Waals surface area contributed by atoms with E-state index in [0.29, 0.717) is 18.0 Å². The zero-order chi connectivity index (χ0) is 33.3. The van der Waals surface area contributed by atoms with Gasteiger partial charge in [-0.15, -0.1) is 0 Å². The number of sulfonamides is 1. The van der Waals surface area contributed by atoms with Gasteiger partial charge in [0.1, 0.15) is 18.3 Å². The molecule has 0 saturated heterocycles. The predicted molar refractivity (Wildman–Crippen MR) is 182 cm³/mol. The van der Waals surface area contributed by atoms with Crippen LogP contribution >= 0.6 is 0 Å². The first kappa shape index (κ1) is 34.2. The molecule has 0 aliphatic heterocycles. The van der Waals surface area contributed by atoms with Gasteiger partial charge in [-0.3, -0.25) is 13.9 Å². The Morgan fingerprint density at radius 3 is 2.07 bits per heavy atom. The number of benzene rings is 4. The summed E-state index contributed by atoms with van der Waals surface area (Å²) in [5, 5.41) is 2.98. The van der Waals surface area contributed by atoms with Gasteiger partial charge in [0.2, 0.25) is 11.8 Å². The van der Waals surface area contributed by atoms with Crippen molar-refractivity contribution in [1.29, 1.82) is 0 Å². The number of carbonyl (C=O) groups is 2. The second-order valence-corrected chi connectivity index (χ2v) is 13.4. The van der Waals surface area contributed by atoms with E-state index in [1.165, 1.54) is 17.0 Å². The maximum Gasteiger partial charge on any atom is 0.264 e. The number of nitrogens with one attached hydrogen (secondary N) is 1. The Labute approximate surface area is 273 Å². The van der Waals surface area contributed by atoms with Crippen LogP contribution in [0.5, 0.6) is 5.75 Å². The molecule has 0 saturated carbocycles. The maximum atomic E-state index is 14.6. The summed E-state index contributed by atoms with van der Waals surface area (Å²) in [6.07, 6.45) is 0.255. The quantitative estimate of drug-likeness (QED) is 0.181. The van der Waals surface area contributed by atoms with Crippen LogP contribution in [0.4, 0.5) is 5.69 Å². The van der Waals surface area contributed by atoms with Crippen molar-refractivity contribution in [3.8, 4) is 5.75 Å². The van der Waals surface area contributed by atoms with Crippen LogP contribution in [0.25, 0.3) is 0 Å². The van der Waals surface area contributed by atoms with Crippen LogP contribution in [0.1, 0.15) is 43.0 Å². The zero-order valence-corrected chi connectivity index (χ0v) is 28.0. The number of amides is 2. The number of hydrogen-bond acceptors (Lipinski definition) is 5. The summed E-state index contributed by atoms with van der Waals surface area (Å²) in [7, 11) is -4.18. The topological polar surface area (TPSA) is 96.0 Å². The molecule has 0 spiro atoms. The highest BCUT2D eigenvalue weighted by Crippen LogP contribution is 2.27. The lowest BCUT2D eigenvalue weighted by Crippen LogP contribution is -2.54. The van der Waals surface area contributed by atoms with Crippen molar-refractivity contribution in [2.75, 3.05) is 17.5 Å². The van der Waals surface area contributed by atoms with Crippen LogP contribution in [0.15, 0.2) is 108 Å². The zero-order valence-electron chi connectivity index (χ0n) is 27.1. The minimum Gasteiger partial charge on any atom is -0.494 e. The SMILES string of the molecule is CCOc1ccc(N(CC(=O)N(Cc2ccccc2C)[C@@H](Cc2ccccc2)C(=O)NC(C)C)S(=O)(=O)c2ccc(C)cc2)cc1. The highest BCUT2D eigenvalue weighted by molar-refractivity contribution is 7.92. The molecule has 0 fully saturated rings. The normalized spacial score (nSPS) is 12.0. The van der Waals surface area contributed by atoms with E-state index >= 15 is 0 Å². The molecule has 4 rings (SSSR count). The second-order valence-electron chi connectivity index (χ2n) is 11.6. The largest absolute Gasteiger partial charge is 0.494 e. The molecule has 0 aromatic heterocycles. The van der Waals surface area contributed by atoms with E-state index in [1.807, 2.05) is 89.2 Å². The number of anilines is 1. The minimum atomic E-state index is -4.18. The fourth-order valence-corrected chi connectivity index (χ4v) is 6.56. The molecule has 0 bridgehead atoms. The molecule has 0 radical (unpaired) electrons. The van der Waals surface area contributed by atoms with Gasteiger partial charge in [0, 0.05) is 19.0 Å². The van der Waals surface area contributed by atoms with E-state index in [4.69, 9.17) is 4.74 Å². The smallest absolute Gasteiger partial charge is 0.264 e. The molecule has 4 aromatic carbocycles. The van der Waals surface area contributed by atoms with Gasteiger partial charge in [0.05, 0.1) is 17.2 Å². The van der Waals surface area contributed by atoms with Gasteiger partial charge in [-0.25, -0.2) is 8.42 Å². The lowest BCUT2D eigenvalue weighted by molar-refractivity contribution is -0.140. The van der Waals surface area contributed by atoms with Gasteiger partial charge in [-0.2, -0.15) is 0 Å². The number of aryl methyl sites for hydroxylation is 2. The van der Waals surface area contributed by atoms with E-state index in [2.05, 4.69) is 5.32 Å². The van der Waals surface area contributed by atoms with Crippen molar-refractivity contribution >= 4 is 27.5 Å². The molecule has 46 heavy (non-hydrogen) atoms. The van der Waals surface area contributed by atoms with Gasteiger partial charge < -0.3 is 15.0 Å². The molecule has 0 heterocycles. The van der Waals surface area contributed by atoms with Gasteiger partial charge in [0.15, 0.2) is 0 Å². The Kier molecular flexibility index (Phi) is 11.6. The minimum absolute atomic E-state index is 0.0589. The number of ether oxygens (including phenoxy) is 1. The van der Waals surface area contributed by atoms with E-state index in [-0.39, 0.29) is 29.8 Å². The van der Waals surface area contributed by atoms with Gasteiger partial charge in [-0.05, 0) is 87.7 Å². The van der Waals surface area contributed by atoms with Crippen molar-refractivity contribution in [1.82, 2.24) is 10.2 Å². The summed E-state index contributed by atoms with van der Waals surface area (Å²) in [5.41, 5.74) is 3.91. The van der Waals surface area contributed by atoms with Crippen LogP contribution in [-0.4, -0.2) is 50.4 Å². The Bertz CT molecular complexity index is 1710. The van der Waals surface area contributed by atoms with Crippen molar-refractivity contribution < 1.29 is 22.7 Å². The van der Waals surface area contributed by atoms with Crippen molar-refractivity contribution in [3.05, 3.63) is 125 Å². The summed E-state index contributed by atoms with van der Waals surface area (Å²) in [4.78, 5) is 30.0. The third kappa shape index (κ3) is 8.75. The summed E-state index contributed by atoms with van der Waals surface area (Å²) in [6, 6.07) is 29.3. The number of hydrogen-bond donors (Lipinski definition) is 1. The molecule has 1 N–H and O–H groups in total. The molecular weight excluding hydrogens is 598 g/mol. The van der Waals surface area contributed by atoms with E-state index < -0.39 is 28.5 Å². The lowest BCUT2D eigenvalue weighted by Gasteiger charge is -2.34. The van der Waals surface area contributed by atoms with Crippen LogP contribution in [-0.2, 0) is 32.6 Å². The van der Waals surface area contributed by atoms with Gasteiger partial charge in [-0.1, -0.05) is 72.3 Å². The monoisotopic (exact) mass is 641 g/mol. The molecule has 9 heteroatoms. The van der Waals surface area contributed by atoms with Gasteiger partial charge >= 0.3 is 0 Å². The second kappa shape index (κ2) is 15.6. The van der Waals surface area contributed by atoms with Crippen molar-refractivity contribution in [2.45, 2.75) is 64.6 Å². The molecule has 2 amide bonds. The maximum absolute atomic E-state index is 14.6. The van der Waals surface area contributed by atoms with Gasteiger partial charge in [0.25, 0.3) is 10.0 Å². The lowest BCUT2D eigenvalue weighted by atomic mass is 10.0. The first-order valence-electron chi connectivity index (χ1n) is 15.5. The Morgan fingerprint density at radius 1 is 0.826 bits per heavy atom. The highest BCUT2D eigenvalue weighted by atomic mass is 32.2. The number of carbonyl (C=O) groups excluding carboxylic acids is 2. The van der Waals surface area contributed by atoms with E-state index in [1.54, 1.807) is 36.4 Å². The van der Waals surface area contributed by atoms with Crippen LogP contribution < -0.4 is 14.4 Å². The molecule has 8 nitrogen and oxygen atoms in total. The molecule has 1 atom stereocenters. The third-order valence-electron chi connectivity index (χ3n) is 7.63. The number of nitrogens with zero attached hydrogens (tertiary/aromatic N) is 2. The van der Waals surface area contributed by atoms with E-state index in [9.17, 15) is 18.0 Å². The Balaban J connectivity index is 1.81. The summed E-state index contributed by atoms with van der Waals surface area (Å²) < 4.78 is 35.1. The molecular formula is C37H43N3O5S. The first-order chi connectivity index (χ1) is 22.0. The molecule has 0 unspecified atom stereocenters. The Morgan fingerprint density at radius 2 is 1.46 bits per heavy atom. The molecule has 0 aliphatic rings. The summed E-state index contributed by atoms with van der Waals surface area (Å²) in [5.74, 6) is -0.234. The number of rotatable bonds is 14. The fourth-order valence-electron chi connectivity index (χ4n) is 5.15.